The van der Waals surface area contributed by atoms with E-state index in [9.17, 15) is 9.59 Å². The quantitative estimate of drug-likeness (QED) is 0.412. The predicted molar refractivity (Wildman–Crippen MR) is 105 cm³/mol. The number of carbonyl (C=O) groups excluding carboxylic acids is 2. The third-order valence-electron chi connectivity index (χ3n) is 3.34. The average molecular weight is 390 g/mol. The largest absolute Gasteiger partial charge is 0.493 e. The van der Waals surface area contributed by atoms with Crippen LogP contribution in [0.2, 0.25) is 5.02 Å². The van der Waals surface area contributed by atoms with Gasteiger partial charge < -0.3 is 14.8 Å². The number of benzene rings is 2. The number of nitrogens with one attached hydrogen (secondary N) is 2. The Morgan fingerprint density at radius 2 is 1.85 bits per heavy atom. The van der Waals surface area contributed by atoms with Crippen molar-refractivity contribution < 1.29 is 19.1 Å². The zero-order valence-electron chi connectivity index (χ0n) is 15.0. The van der Waals surface area contributed by atoms with E-state index in [1.165, 1.54) is 6.21 Å². The molecule has 0 saturated carbocycles. The van der Waals surface area contributed by atoms with Crippen molar-refractivity contribution in [2.75, 3.05) is 19.0 Å². The Hall–Kier alpha value is -3.06. The maximum absolute atomic E-state index is 11.8. The second-order valence-corrected chi connectivity index (χ2v) is 5.80. The van der Waals surface area contributed by atoms with E-state index >= 15 is 0 Å². The summed E-state index contributed by atoms with van der Waals surface area (Å²) < 4.78 is 10.7. The van der Waals surface area contributed by atoms with Crippen LogP contribution in [0, 0.1) is 0 Å². The number of hydrogen-bond acceptors (Lipinski definition) is 5. The van der Waals surface area contributed by atoms with E-state index in [4.69, 9.17) is 21.1 Å². The molecule has 0 unspecified atom stereocenters. The van der Waals surface area contributed by atoms with E-state index in [0.29, 0.717) is 34.4 Å². The lowest BCUT2D eigenvalue weighted by Gasteiger charge is -2.09. The van der Waals surface area contributed by atoms with Gasteiger partial charge in [-0.25, -0.2) is 5.43 Å². The lowest BCUT2D eigenvalue weighted by atomic mass is 10.2. The van der Waals surface area contributed by atoms with Crippen LogP contribution >= 0.6 is 11.6 Å². The summed E-state index contributed by atoms with van der Waals surface area (Å²) in [4.78, 5) is 23.6. The molecular formula is C19H20ClN3O4. The molecule has 2 aromatic carbocycles. The average Bonchev–Trinajstić information content (AvgIpc) is 2.64. The molecule has 0 aromatic heterocycles. The van der Waals surface area contributed by atoms with Crippen molar-refractivity contribution in [1.29, 1.82) is 0 Å². The van der Waals surface area contributed by atoms with Gasteiger partial charge in [-0.15, -0.1) is 0 Å². The van der Waals surface area contributed by atoms with Crippen LogP contribution in [-0.2, 0) is 9.59 Å². The SMILES string of the molecule is CCOc1ccc(C=NNC(=O)CC(=O)Nc2ccc(Cl)cc2)cc1OC. The summed E-state index contributed by atoms with van der Waals surface area (Å²) in [6.45, 7) is 2.41. The van der Waals surface area contributed by atoms with Crippen molar-refractivity contribution in [2.24, 2.45) is 5.10 Å². The van der Waals surface area contributed by atoms with Gasteiger partial charge in [0, 0.05) is 10.7 Å². The lowest BCUT2D eigenvalue weighted by Crippen LogP contribution is -2.24. The van der Waals surface area contributed by atoms with Gasteiger partial charge in [-0.2, -0.15) is 5.10 Å². The first-order valence-corrected chi connectivity index (χ1v) is 8.57. The van der Waals surface area contributed by atoms with Crippen LogP contribution in [0.25, 0.3) is 0 Å². The summed E-state index contributed by atoms with van der Waals surface area (Å²) in [7, 11) is 1.54. The number of carbonyl (C=O) groups is 2. The van der Waals surface area contributed by atoms with Crippen molar-refractivity contribution in [1.82, 2.24) is 5.43 Å². The normalized spacial score (nSPS) is 10.5. The van der Waals surface area contributed by atoms with Crippen LogP contribution in [0.4, 0.5) is 5.69 Å². The van der Waals surface area contributed by atoms with Crippen molar-refractivity contribution in [3.05, 3.63) is 53.1 Å². The van der Waals surface area contributed by atoms with Gasteiger partial charge in [0.25, 0.3) is 0 Å². The third kappa shape index (κ3) is 6.63. The predicted octanol–water partition coefficient (Wildman–Crippen LogP) is 3.23. The Balaban J connectivity index is 1.85. The van der Waals surface area contributed by atoms with E-state index in [2.05, 4.69) is 15.8 Å². The molecule has 0 aliphatic rings. The molecule has 142 valence electrons. The Morgan fingerprint density at radius 1 is 1.11 bits per heavy atom. The summed E-state index contributed by atoms with van der Waals surface area (Å²) in [6.07, 6.45) is 1.10. The lowest BCUT2D eigenvalue weighted by molar-refractivity contribution is -0.126. The summed E-state index contributed by atoms with van der Waals surface area (Å²) in [5.74, 6) is 0.206. The summed E-state index contributed by atoms with van der Waals surface area (Å²) in [5.41, 5.74) is 3.58. The minimum Gasteiger partial charge on any atom is -0.493 e. The minimum absolute atomic E-state index is 0.355. The Morgan fingerprint density at radius 3 is 2.52 bits per heavy atom. The molecule has 0 spiro atoms. The summed E-state index contributed by atoms with van der Waals surface area (Å²) in [5, 5.41) is 7.01. The molecule has 0 aliphatic heterocycles. The number of amides is 2. The molecule has 27 heavy (non-hydrogen) atoms. The number of halogens is 1. The monoisotopic (exact) mass is 389 g/mol. The fourth-order valence-corrected chi connectivity index (χ4v) is 2.27. The van der Waals surface area contributed by atoms with E-state index in [-0.39, 0.29) is 6.42 Å². The molecule has 2 amide bonds. The second-order valence-electron chi connectivity index (χ2n) is 5.37. The van der Waals surface area contributed by atoms with Gasteiger partial charge in [0.05, 0.1) is 19.9 Å². The molecule has 2 rings (SSSR count). The van der Waals surface area contributed by atoms with E-state index in [1.807, 2.05) is 6.92 Å². The van der Waals surface area contributed by atoms with Gasteiger partial charge in [0.1, 0.15) is 6.42 Å². The minimum atomic E-state index is -0.532. The van der Waals surface area contributed by atoms with Gasteiger partial charge in [-0.1, -0.05) is 11.6 Å². The summed E-state index contributed by atoms with van der Waals surface area (Å²) in [6, 6.07) is 11.8. The highest BCUT2D eigenvalue weighted by atomic mass is 35.5. The molecule has 0 atom stereocenters. The number of methoxy groups -OCH3 is 1. The van der Waals surface area contributed by atoms with Gasteiger partial charge in [-0.3, -0.25) is 9.59 Å². The Bertz CT molecular complexity index is 822. The zero-order chi connectivity index (χ0) is 19.6. The van der Waals surface area contributed by atoms with Crippen LogP contribution in [0.15, 0.2) is 47.6 Å². The molecule has 8 heteroatoms. The summed E-state index contributed by atoms with van der Waals surface area (Å²) >= 11 is 5.78. The van der Waals surface area contributed by atoms with Gasteiger partial charge in [0.2, 0.25) is 11.8 Å². The molecule has 0 radical (unpaired) electrons. The fraction of sp³-hybridized carbons (Fsp3) is 0.211. The number of anilines is 1. The molecule has 2 aromatic rings. The molecule has 0 fully saturated rings. The molecular weight excluding hydrogens is 370 g/mol. The van der Waals surface area contributed by atoms with Gasteiger partial charge in [-0.05, 0) is 55.0 Å². The molecule has 0 bridgehead atoms. The number of hydrogen-bond donors (Lipinski definition) is 2. The maximum atomic E-state index is 11.8. The van der Waals surface area contributed by atoms with Crippen molar-refractivity contribution in [2.45, 2.75) is 13.3 Å². The molecule has 0 aliphatic carbocycles. The van der Waals surface area contributed by atoms with Crippen LogP contribution in [0.3, 0.4) is 0 Å². The van der Waals surface area contributed by atoms with Gasteiger partial charge >= 0.3 is 0 Å². The fourth-order valence-electron chi connectivity index (χ4n) is 2.14. The highest BCUT2D eigenvalue weighted by Gasteiger charge is 2.09. The molecule has 0 saturated heterocycles. The number of nitrogens with zero attached hydrogens (tertiary/aromatic N) is 1. The second kappa shape index (κ2) is 10.2. The molecule has 2 N–H and O–H groups in total. The van der Waals surface area contributed by atoms with Crippen molar-refractivity contribution >= 4 is 35.3 Å². The first-order chi connectivity index (χ1) is 13.0. The standard InChI is InChI=1S/C19H20ClN3O4/c1-3-27-16-9-4-13(10-17(16)26-2)12-21-23-19(25)11-18(24)22-15-7-5-14(20)6-8-15/h4-10,12H,3,11H2,1-2H3,(H,22,24)(H,23,25). The highest BCUT2D eigenvalue weighted by Crippen LogP contribution is 2.27. The Kier molecular flexibility index (Phi) is 7.63. The topological polar surface area (TPSA) is 89.0 Å². The zero-order valence-corrected chi connectivity index (χ0v) is 15.7. The number of rotatable bonds is 8. The molecule has 7 nitrogen and oxygen atoms in total. The van der Waals surface area contributed by atoms with Crippen LogP contribution in [0.1, 0.15) is 18.9 Å². The number of ether oxygens (including phenoxy) is 2. The van der Waals surface area contributed by atoms with Gasteiger partial charge in [0.15, 0.2) is 11.5 Å². The van der Waals surface area contributed by atoms with Crippen LogP contribution in [-0.4, -0.2) is 31.7 Å². The third-order valence-corrected chi connectivity index (χ3v) is 3.59. The Labute approximate surface area is 162 Å². The van der Waals surface area contributed by atoms with Crippen molar-refractivity contribution in [3.63, 3.8) is 0 Å². The first kappa shape index (κ1) is 20.3. The maximum Gasteiger partial charge on any atom is 0.249 e. The molecule has 0 heterocycles. The van der Waals surface area contributed by atoms with Crippen LogP contribution in [0.5, 0.6) is 11.5 Å². The van der Waals surface area contributed by atoms with E-state index < -0.39 is 11.8 Å². The highest BCUT2D eigenvalue weighted by molar-refractivity contribution is 6.30. The number of hydrazone groups is 1. The first-order valence-electron chi connectivity index (χ1n) is 8.20. The van der Waals surface area contributed by atoms with Crippen molar-refractivity contribution in [3.8, 4) is 11.5 Å². The van der Waals surface area contributed by atoms with E-state index in [0.717, 1.165) is 0 Å². The van der Waals surface area contributed by atoms with Crippen LogP contribution < -0.4 is 20.2 Å². The smallest absolute Gasteiger partial charge is 0.249 e. The van der Waals surface area contributed by atoms with E-state index in [1.54, 1.807) is 49.6 Å².